The van der Waals surface area contributed by atoms with Gasteiger partial charge in [0.05, 0.1) is 12.7 Å². The first-order valence-corrected chi connectivity index (χ1v) is 4.89. The first-order valence-electron chi connectivity index (χ1n) is 4.89. The normalized spacial score (nSPS) is 12.1. The summed E-state index contributed by atoms with van der Waals surface area (Å²) in [5.41, 5.74) is 0. The third kappa shape index (κ3) is 4.44. The zero-order valence-corrected chi connectivity index (χ0v) is 8.95. The van der Waals surface area contributed by atoms with Crippen LogP contribution in [-0.2, 0) is 16.0 Å². The summed E-state index contributed by atoms with van der Waals surface area (Å²) in [5.74, 6) is 0.463. The Kier molecular flexibility index (Phi) is 4.09. The molecule has 0 saturated carbocycles. The number of rotatable bonds is 5. The summed E-state index contributed by atoms with van der Waals surface area (Å²) in [7, 11) is 0. The van der Waals surface area contributed by atoms with Crippen molar-refractivity contribution in [3.63, 3.8) is 0 Å². The number of amides is 1. The van der Waals surface area contributed by atoms with Crippen LogP contribution in [0.3, 0.4) is 0 Å². The molecule has 15 heavy (non-hydrogen) atoms. The van der Waals surface area contributed by atoms with Crippen LogP contribution in [-0.4, -0.2) is 17.7 Å². The fourth-order valence-electron chi connectivity index (χ4n) is 1.33. The Morgan fingerprint density at radius 3 is 2.80 bits per heavy atom. The van der Waals surface area contributed by atoms with E-state index in [0.717, 1.165) is 5.76 Å². The number of nitrogens with one attached hydrogen (secondary N) is 1. The zero-order valence-electron chi connectivity index (χ0n) is 8.95. The van der Waals surface area contributed by atoms with Gasteiger partial charge in [0.15, 0.2) is 0 Å². The zero-order chi connectivity index (χ0) is 11.3. The summed E-state index contributed by atoms with van der Waals surface area (Å²) in [4.78, 5) is 21.9. The van der Waals surface area contributed by atoms with Crippen LogP contribution in [0, 0.1) is 0 Å². The molecule has 82 valence electrons. The van der Waals surface area contributed by atoms with E-state index in [1.807, 2.05) is 13.0 Å². The van der Waals surface area contributed by atoms with E-state index in [2.05, 4.69) is 5.32 Å². The van der Waals surface area contributed by atoms with Gasteiger partial charge in [0, 0.05) is 12.5 Å². The van der Waals surface area contributed by atoms with Crippen LogP contribution in [0.1, 0.15) is 26.0 Å². The minimum absolute atomic E-state index is 0.0250. The summed E-state index contributed by atoms with van der Waals surface area (Å²) < 4.78 is 5.15. The van der Waals surface area contributed by atoms with Crippen LogP contribution in [0.15, 0.2) is 22.8 Å². The number of hydrogen-bond donors (Lipinski definition) is 1. The van der Waals surface area contributed by atoms with E-state index >= 15 is 0 Å². The SMILES string of the molecule is CC(=O)CC(=O)NC(C)Cc1ccco1. The topological polar surface area (TPSA) is 59.3 Å². The Morgan fingerprint density at radius 1 is 1.53 bits per heavy atom. The van der Waals surface area contributed by atoms with Crippen molar-refractivity contribution in [3.05, 3.63) is 24.2 Å². The molecular weight excluding hydrogens is 194 g/mol. The highest BCUT2D eigenvalue weighted by molar-refractivity contribution is 5.96. The maximum absolute atomic E-state index is 11.2. The third-order valence-corrected chi connectivity index (χ3v) is 1.90. The van der Waals surface area contributed by atoms with Gasteiger partial charge in [-0.3, -0.25) is 9.59 Å². The van der Waals surface area contributed by atoms with Crippen molar-refractivity contribution >= 4 is 11.7 Å². The summed E-state index contributed by atoms with van der Waals surface area (Å²) in [6.45, 7) is 3.28. The lowest BCUT2D eigenvalue weighted by atomic mass is 10.2. The molecule has 0 bridgehead atoms. The molecule has 1 heterocycles. The van der Waals surface area contributed by atoms with Gasteiger partial charge in [0.25, 0.3) is 0 Å². The van der Waals surface area contributed by atoms with Gasteiger partial charge in [-0.2, -0.15) is 0 Å². The predicted molar refractivity (Wildman–Crippen MR) is 55.3 cm³/mol. The van der Waals surface area contributed by atoms with Gasteiger partial charge in [-0.25, -0.2) is 0 Å². The van der Waals surface area contributed by atoms with Crippen molar-refractivity contribution in [2.75, 3.05) is 0 Å². The lowest BCUT2D eigenvalue weighted by Crippen LogP contribution is -2.34. The molecule has 1 amide bonds. The molecule has 0 aliphatic rings. The molecule has 0 spiro atoms. The highest BCUT2D eigenvalue weighted by Gasteiger charge is 2.10. The molecule has 4 heteroatoms. The van der Waals surface area contributed by atoms with Crippen LogP contribution in [0.5, 0.6) is 0 Å². The fourth-order valence-corrected chi connectivity index (χ4v) is 1.33. The summed E-state index contributed by atoms with van der Waals surface area (Å²) >= 11 is 0. The molecule has 0 aromatic carbocycles. The molecule has 0 aliphatic carbocycles. The highest BCUT2D eigenvalue weighted by atomic mass is 16.3. The van der Waals surface area contributed by atoms with Crippen molar-refractivity contribution in [1.29, 1.82) is 0 Å². The second-order valence-corrected chi connectivity index (χ2v) is 3.63. The Hall–Kier alpha value is -1.58. The second kappa shape index (κ2) is 5.34. The highest BCUT2D eigenvalue weighted by Crippen LogP contribution is 2.03. The average molecular weight is 209 g/mol. The van der Waals surface area contributed by atoms with Gasteiger partial charge in [0.1, 0.15) is 11.5 Å². The molecule has 0 fully saturated rings. The van der Waals surface area contributed by atoms with Gasteiger partial charge in [-0.05, 0) is 26.0 Å². The lowest BCUT2D eigenvalue weighted by Gasteiger charge is -2.11. The van der Waals surface area contributed by atoms with Crippen molar-refractivity contribution < 1.29 is 14.0 Å². The van der Waals surface area contributed by atoms with Crippen molar-refractivity contribution in [2.45, 2.75) is 32.7 Å². The van der Waals surface area contributed by atoms with Crippen LogP contribution in [0.2, 0.25) is 0 Å². The van der Waals surface area contributed by atoms with Crippen molar-refractivity contribution in [2.24, 2.45) is 0 Å². The molecule has 4 nitrogen and oxygen atoms in total. The molecule has 0 radical (unpaired) electrons. The van der Waals surface area contributed by atoms with Crippen LogP contribution in [0.25, 0.3) is 0 Å². The van der Waals surface area contributed by atoms with Gasteiger partial charge in [-0.1, -0.05) is 0 Å². The van der Waals surface area contributed by atoms with E-state index in [4.69, 9.17) is 4.42 Å². The standard InChI is InChI=1S/C11H15NO3/c1-8(6-10-4-3-5-15-10)12-11(14)7-9(2)13/h3-5,8H,6-7H2,1-2H3,(H,12,14). The average Bonchev–Trinajstić information content (AvgIpc) is 2.53. The fraction of sp³-hybridized carbons (Fsp3) is 0.455. The Morgan fingerprint density at radius 2 is 2.27 bits per heavy atom. The smallest absolute Gasteiger partial charge is 0.227 e. The summed E-state index contributed by atoms with van der Waals surface area (Å²) in [6, 6.07) is 3.63. The number of carbonyl (C=O) groups is 2. The Labute approximate surface area is 88.7 Å². The molecule has 1 N–H and O–H groups in total. The van der Waals surface area contributed by atoms with E-state index in [1.165, 1.54) is 6.92 Å². The van der Waals surface area contributed by atoms with E-state index in [1.54, 1.807) is 12.3 Å². The molecule has 1 rings (SSSR count). The monoisotopic (exact) mass is 209 g/mol. The number of ketones is 1. The largest absolute Gasteiger partial charge is 0.469 e. The first-order chi connectivity index (χ1) is 7.08. The van der Waals surface area contributed by atoms with Gasteiger partial charge in [0.2, 0.25) is 5.91 Å². The molecule has 1 unspecified atom stereocenters. The number of carbonyl (C=O) groups excluding carboxylic acids is 2. The maximum Gasteiger partial charge on any atom is 0.227 e. The van der Waals surface area contributed by atoms with Crippen LogP contribution < -0.4 is 5.32 Å². The van der Waals surface area contributed by atoms with Crippen LogP contribution in [0.4, 0.5) is 0 Å². The van der Waals surface area contributed by atoms with Crippen molar-refractivity contribution in [1.82, 2.24) is 5.32 Å². The van der Waals surface area contributed by atoms with Gasteiger partial charge >= 0.3 is 0 Å². The second-order valence-electron chi connectivity index (χ2n) is 3.63. The number of furan rings is 1. The molecule has 1 aromatic rings. The predicted octanol–water partition coefficient (Wildman–Crippen LogP) is 1.31. The summed E-state index contributed by atoms with van der Waals surface area (Å²) in [6.07, 6.45) is 2.18. The summed E-state index contributed by atoms with van der Waals surface area (Å²) in [5, 5.41) is 2.73. The molecule has 1 aromatic heterocycles. The molecule has 0 aliphatic heterocycles. The minimum atomic E-state index is -0.235. The van der Waals surface area contributed by atoms with E-state index in [-0.39, 0.29) is 24.2 Å². The minimum Gasteiger partial charge on any atom is -0.469 e. The Balaban J connectivity index is 2.32. The number of hydrogen-bond acceptors (Lipinski definition) is 3. The maximum atomic E-state index is 11.2. The molecule has 1 atom stereocenters. The first kappa shape index (κ1) is 11.5. The van der Waals surface area contributed by atoms with E-state index in [9.17, 15) is 9.59 Å². The van der Waals surface area contributed by atoms with Gasteiger partial charge < -0.3 is 9.73 Å². The quantitative estimate of drug-likeness (QED) is 0.744. The Bertz CT molecular complexity index is 330. The van der Waals surface area contributed by atoms with E-state index in [0.29, 0.717) is 6.42 Å². The lowest BCUT2D eigenvalue weighted by molar-refractivity contribution is -0.127. The van der Waals surface area contributed by atoms with Crippen molar-refractivity contribution in [3.8, 4) is 0 Å². The van der Waals surface area contributed by atoms with Crippen LogP contribution >= 0.6 is 0 Å². The van der Waals surface area contributed by atoms with Gasteiger partial charge in [-0.15, -0.1) is 0 Å². The number of Topliss-reactive ketones (excluding diaryl/α,β-unsaturated/α-hetero) is 1. The molecular formula is C11H15NO3. The third-order valence-electron chi connectivity index (χ3n) is 1.90. The van der Waals surface area contributed by atoms with E-state index < -0.39 is 0 Å². The molecule has 0 saturated heterocycles.